The van der Waals surface area contributed by atoms with E-state index in [-0.39, 0.29) is 17.7 Å². The van der Waals surface area contributed by atoms with Crippen molar-refractivity contribution >= 4 is 29.1 Å². The average Bonchev–Trinajstić information content (AvgIpc) is 2.64. The Labute approximate surface area is 148 Å². The molecule has 1 aromatic rings. The fraction of sp³-hybridized carbons (Fsp3) is 0.579. The molecule has 1 aliphatic heterocycles. The molecule has 24 heavy (non-hydrogen) atoms. The maximum Gasteiger partial charge on any atom is 0.227 e. The molecule has 3 rings (SSSR count). The lowest BCUT2D eigenvalue weighted by Crippen LogP contribution is -2.44. The summed E-state index contributed by atoms with van der Waals surface area (Å²) in [6.07, 6.45) is 7.19. The number of hydrogen-bond donors (Lipinski definition) is 1. The van der Waals surface area contributed by atoms with Gasteiger partial charge in [-0.25, -0.2) is 0 Å². The van der Waals surface area contributed by atoms with Gasteiger partial charge in [-0.15, -0.1) is 0 Å². The second-order valence-electron chi connectivity index (χ2n) is 6.93. The van der Waals surface area contributed by atoms with E-state index in [0.717, 1.165) is 31.4 Å². The van der Waals surface area contributed by atoms with Gasteiger partial charge in [0.15, 0.2) is 0 Å². The van der Waals surface area contributed by atoms with E-state index in [1.807, 2.05) is 17.0 Å². The largest absolute Gasteiger partial charge is 0.342 e. The molecule has 2 amide bonds. The number of nitrogens with one attached hydrogen (secondary N) is 1. The lowest BCUT2D eigenvalue weighted by molar-refractivity contribution is -0.139. The molecule has 0 spiro atoms. The van der Waals surface area contributed by atoms with Crippen LogP contribution in [-0.2, 0) is 9.59 Å². The number of likely N-dealkylation sites (tertiary alicyclic amines) is 1. The Morgan fingerprint density at radius 3 is 2.17 bits per heavy atom. The quantitative estimate of drug-likeness (QED) is 0.894. The summed E-state index contributed by atoms with van der Waals surface area (Å²) in [6.45, 7) is 1.40. The van der Waals surface area contributed by atoms with E-state index < -0.39 is 0 Å². The van der Waals surface area contributed by atoms with E-state index >= 15 is 0 Å². The zero-order chi connectivity index (χ0) is 16.9. The molecule has 2 fully saturated rings. The lowest BCUT2D eigenvalue weighted by Gasteiger charge is -2.34. The summed E-state index contributed by atoms with van der Waals surface area (Å²) >= 11 is 5.86. The number of nitrogens with zero attached hydrogens (tertiary/aromatic N) is 1. The summed E-state index contributed by atoms with van der Waals surface area (Å²) < 4.78 is 0. The minimum Gasteiger partial charge on any atom is -0.342 e. The molecular formula is C19H25ClN2O2. The van der Waals surface area contributed by atoms with Gasteiger partial charge < -0.3 is 10.2 Å². The van der Waals surface area contributed by atoms with Gasteiger partial charge in [0.05, 0.1) is 0 Å². The Morgan fingerprint density at radius 1 is 0.917 bits per heavy atom. The zero-order valence-corrected chi connectivity index (χ0v) is 14.7. The fourth-order valence-corrected chi connectivity index (χ4v) is 3.87. The van der Waals surface area contributed by atoms with Crippen LogP contribution in [0.1, 0.15) is 44.9 Å². The third kappa shape index (κ3) is 4.29. The molecule has 0 atom stereocenters. The highest BCUT2D eigenvalue weighted by atomic mass is 35.5. The maximum atomic E-state index is 12.6. The van der Waals surface area contributed by atoms with Crippen LogP contribution in [0.5, 0.6) is 0 Å². The molecule has 1 heterocycles. The van der Waals surface area contributed by atoms with Crippen LogP contribution in [0.3, 0.4) is 0 Å². The summed E-state index contributed by atoms with van der Waals surface area (Å²) in [6, 6.07) is 7.15. The molecule has 0 bridgehead atoms. The Balaban J connectivity index is 1.48. The first kappa shape index (κ1) is 17.3. The normalized spacial score (nSPS) is 20.0. The Bertz CT molecular complexity index is 574. The smallest absolute Gasteiger partial charge is 0.227 e. The molecule has 4 nitrogen and oxygen atoms in total. The number of hydrogen-bond acceptors (Lipinski definition) is 2. The van der Waals surface area contributed by atoms with Crippen molar-refractivity contribution in [2.45, 2.75) is 44.9 Å². The van der Waals surface area contributed by atoms with Gasteiger partial charge in [0, 0.05) is 35.6 Å². The number of piperidine rings is 1. The van der Waals surface area contributed by atoms with Crippen molar-refractivity contribution < 1.29 is 9.59 Å². The molecule has 0 aromatic heterocycles. The van der Waals surface area contributed by atoms with Crippen LogP contribution in [-0.4, -0.2) is 29.8 Å². The molecule has 2 aliphatic rings. The van der Waals surface area contributed by atoms with Gasteiger partial charge in [0.25, 0.3) is 0 Å². The molecule has 130 valence electrons. The summed E-state index contributed by atoms with van der Waals surface area (Å²) in [5.74, 6) is 0.558. The van der Waals surface area contributed by atoms with E-state index in [1.54, 1.807) is 12.1 Å². The van der Waals surface area contributed by atoms with Crippen LogP contribution in [0.2, 0.25) is 5.02 Å². The topological polar surface area (TPSA) is 49.4 Å². The van der Waals surface area contributed by atoms with Crippen LogP contribution in [0.25, 0.3) is 0 Å². The monoisotopic (exact) mass is 348 g/mol. The molecule has 5 heteroatoms. The van der Waals surface area contributed by atoms with E-state index in [4.69, 9.17) is 11.6 Å². The second-order valence-corrected chi connectivity index (χ2v) is 7.37. The average molecular weight is 349 g/mol. The van der Waals surface area contributed by atoms with Gasteiger partial charge >= 0.3 is 0 Å². The number of anilines is 1. The van der Waals surface area contributed by atoms with Crippen LogP contribution in [0.4, 0.5) is 5.69 Å². The molecule has 0 radical (unpaired) electrons. The second kappa shape index (κ2) is 8.02. The minimum absolute atomic E-state index is 0.0175. The summed E-state index contributed by atoms with van der Waals surface area (Å²) in [7, 11) is 0. The maximum absolute atomic E-state index is 12.6. The summed E-state index contributed by atoms with van der Waals surface area (Å²) in [4.78, 5) is 26.9. The van der Waals surface area contributed by atoms with E-state index in [2.05, 4.69) is 5.32 Å². The van der Waals surface area contributed by atoms with Crippen molar-refractivity contribution in [2.75, 3.05) is 18.4 Å². The molecule has 0 unspecified atom stereocenters. The predicted octanol–water partition coefficient (Wildman–Crippen LogP) is 4.10. The predicted molar refractivity (Wildman–Crippen MR) is 96.0 cm³/mol. The molecule has 1 saturated heterocycles. The van der Waals surface area contributed by atoms with Gasteiger partial charge in [0.1, 0.15) is 0 Å². The fourth-order valence-electron chi connectivity index (χ4n) is 3.75. The summed E-state index contributed by atoms with van der Waals surface area (Å²) in [5.41, 5.74) is 0.769. The Hall–Kier alpha value is -1.55. The first-order valence-corrected chi connectivity index (χ1v) is 9.36. The molecule has 1 N–H and O–H groups in total. The lowest BCUT2D eigenvalue weighted by atomic mass is 9.87. The molecule has 1 aliphatic carbocycles. The van der Waals surface area contributed by atoms with Crippen LogP contribution < -0.4 is 5.32 Å². The van der Waals surface area contributed by atoms with Gasteiger partial charge in [0.2, 0.25) is 11.8 Å². The highest BCUT2D eigenvalue weighted by Gasteiger charge is 2.31. The number of benzene rings is 1. The van der Waals surface area contributed by atoms with Gasteiger partial charge in [-0.05, 0) is 49.9 Å². The van der Waals surface area contributed by atoms with Crippen LogP contribution in [0.15, 0.2) is 24.3 Å². The number of carbonyl (C=O) groups is 2. The van der Waals surface area contributed by atoms with Crippen molar-refractivity contribution in [3.63, 3.8) is 0 Å². The number of amides is 2. The third-order valence-electron chi connectivity index (χ3n) is 5.24. The third-order valence-corrected chi connectivity index (χ3v) is 5.50. The zero-order valence-electron chi connectivity index (χ0n) is 14.0. The molecule has 1 aromatic carbocycles. The first-order valence-electron chi connectivity index (χ1n) is 8.99. The van der Waals surface area contributed by atoms with E-state index in [9.17, 15) is 9.59 Å². The minimum atomic E-state index is -0.0175. The molecule has 1 saturated carbocycles. The molecular weight excluding hydrogens is 324 g/mol. The highest BCUT2D eigenvalue weighted by molar-refractivity contribution is 6.30. The van der Waals surface area contributed by atoms with Gasteiger partial charge in [-0.1, -0.05) is 30.9 Å². The van der Waals surface area contributed by atoms with Crippen molar-refractivity contribution in [3.8, 4) is 0 Å². The van der Waals surface area contributed by atoms with Crippen LogP contribution in [0, 0.1) is 11.8 Å². The number of halogens is 1. The van der Waals surface area contributed by atoms with Crippen molar-refractivity contribution in [1.82, 2.24) is 4.90 Å². The van der Waals surface area contributed by atoms with Crippen molar-refractivity contribution in [2.24, 2.45) is 11.8 Å². The van der Waals surface area contributed by atoms with E-state index in [1.165, 1.54) is 19.3 Å². The van der Waals surface area contributed by atoms with Crippen molar-refractivity contribution in [3.05, 3.63) is 29.3 Å². The summed E-state index contributed by atoms with van der Waals surface area (Å²) in [5, 5.41) is 3.60. The standard InChI is InChI=1S/C19H25ClN2O2/c20-16-6-8-17(9-7-16)21-18(23)14-10-12-22(13-11-14)19(24)15-4-2-1-3-5-15/h6-9,14-15H,1-5,10-13H2,(H,21,23). The number of carbonyl (C=O) groups excluding carboxylic acids is 2. The first-order chi connectivity index (χ1) is 11.6. The van der Waals surface area contributed by atoms with Crippen molar-refractivity contribution in [1.29, 1.82) is 0 Å². The van der Waals surface area contributed by atoms with Gasteiger partial charge in [-0.3, -0.25) is 9.59 Å². The highest BCUT2D eigenvalue weighted by Crippen LogP contribution is 2.28. The SMILES string of the molecule is O=C(Nc1ccc(Cl)cc1)C1CCN(C(=O)C2CCCCC2)CC1. The van der Waals surface area contributed by atoms with Crippen LogP contribution >= 0.6 is 11.6 Å². The number of rotatable bonds is 3. The Kier molecular flexibility index (Phi) is 5.77. The van der Waals surface area contributed by atoms with Gasteiger partial charge in [-0.2, -0.15) is 0 Å². The van der Waals surface area contributed by atoms with E-state index in [0.29, 0.717) is 24.0 Å². The Morgan fingerprint density at radius 2 is 1.54 bits per heavy atom.